The fraction of sp³-hybridized carbons (Fsp3) is 0.0952. The van der Waals surface area contributed by atoms with Crippen molar-refractivity contribution in [1.29, 1.82) is 0 Å². The number of alkyl halides is 2. The Morgan fingerprint density at radius 1 is 1.03 bits per heavy atom. The summed E-state index contributed by atoms with van der Waals surface area (Å²) in [6.07, 6.45) is 2.62. The predicted molar refractivity (Wildman–Crippen MR) is 103 cm³/mol. The van der Waals surface area contributed by atoms with E-state index in [-0.39, 0.29) is 11.4 Å². The van der Waals surface area contributed by atoms with Crippen molar-refractivity contribution >= 4 is 34.5 Å². The van der Waals surface area contributed by atoms with Gasteiger partial charge in [-0.1, -0.05) is 36.4 Å². The van der Waals surface area contributed by atoms with E-state index in [0.29, 0.717) is 5.69 Å². The minimum atomic E-state index is -3.03. The number of para-hydroxylation sites is 3. The van der Waals surface area contributed by atoms with Crippen molar-refractivity contribution in [2.75, 3.05) is 11.9 Å². The molecule has 1 heterocycles. The van der Waals surface area contributed by atoms with Crippen LogP contribution in [0.25, 0.3) is 17.0 Å². The molecule has 0 unspecified atom stereocenters. The standard InChI is InChI=1S/C21H16F2N2O4/c22-21(23)29-18-8-4-3-7-17(18)25-19(26)13-28-20(27)12-11-15-10-9-14-5-1-2-6-16(14)24-15/h1-12,21H,13H2,(H,25,26)/b12-11+. The number of esters is 1. The SMILES string of the molecule is O=C(COC(=O)/C=C/c1ccc2ccccc2n1)Nc1ccccc1OC(F)F. The van der Waals surface area contributed by atoms with E-state index in [1.165, 1.54) is 24.3 Å². The topological polar surface area (TPSA) is 77.5 Å². The van der Waals surface area contributed by atoms with Gasteiger partial charge >= 0.3 is 12.6 Å². The highest BCUT2D eigenvalue weighted by Gasteiger charge is 2.12. The van der Waals surface area contributed by atoms with Crippen LogP contribution in [0.4, 0.5) is 14.5 Å². The van der Waals surface area contributed by atoms with Crippen LogP contribution in [0.3, 0.4) is 0 Å². The van der Waals surface area contributed by atoms with Crippen LogP contribution >= 0.6 is 0 Å². The molecule has 148 valence electrons. The lowest BCUT2D eigenvalue weighted by Gasteiger charge is -2.11. The number of fused-ring (bicyclic) bond motifs is 1. The van der Waals surface area contributed by atoms with Crippen LogP contribution in [0.5, 0.6) is 5.75 Å². The molecule has 0 saturated heterocycles. The summed E-state index contributed by atoms with van der Waals surface area (Å²) in [5, 5.41) is 3.33. The molecule has 29 heavy (non-hydrogen) atoms. The molecule has 1 amide bonds. The van der Waals surface area contributed by atoms with Gasteiger partial charge in [-0.2, -0.15) is 8.78 Å². The van der Waals surface area contributed by atoms with E-state index in [2.05, 4.69) is 15.0 Å². The maximum atomic E-state index is 12.4. The first kappa shape index (κ1) is 19.9. The van der Waals surface area contributed by atoms with Gasteiger partial charge in [0.1, 0.15) is 5.75 Å². The zero-order chi connectivity index (χ0) is 20.6. The molecule has 0 fully saturated rings. The quantitative estimate of drug-likeness (QED) is 0.480. The lowest BCUT2D eigenvalue weighted by Crippen LogP contribution is -2.20. The van der Waals surface area contributed by atoms with Crippen LogP contribution in [0.2, 0.25) is 0 Å². The molecule has 1 aromatic heterocycles. The smallest absolute Gasteiger partial charge is 0.387 e. The number of benzene rings is 2. The summed E-state index contributed by atoms with van der Waals surface area (Å²) >= 11 is 0. The second-order valence-corrected chi connectivity index (χ2v) is 5.79. The number of hydrogen-bond acceptors (Lipinski definition) is 5. The molecule has 0 spiro atoms. The van der Waals surface area contributed by atoms with Crippen molar-refractivity contribution in [2.24, 2.45) is 0 Å². The number of nitrogens with one attached hydrogen (secondary N) is 1. The summed E-state index contributed by atoms with van der Waals surface area (Å²) in [5.74, 6) is -1.63. The van der Waals surface area contributed by atoms with Crippen molar-refractivity contribution in [2.45, 2.75) is 6.61 Å². The lowest BCUT2D eigenvalue weighted by atomic mass is 10.2. The van der Waals surface area contributed by atoms with Gasteiger partial charge in [0.05, 0.1) is 16.9 Å². The fourth-order valence-electron chi connectivity index (χ4n) is 2.47. The molecule has 2 aromatic carbocycles. The van der Waals surface area contributed by atoms with Gasteiger partial charge in [-0.05, 0) is 30.3 Å². The van der Waals surface area contributed by atoms with E-state index in [1.807, 2.05) is 30.3 Å². The Morgan fingerprint density at radius 3 is 2.62 bits per heavy atom. The summed E-state index contributed by atoms with van der Waals surface area (Å²) in [7, 11) is 0. The second kappa shape index (κ2) is 9.41. The van der Waals surface area contributed by atoms with Crippen molar-refractivity contribution in [3.63, 3.8) is 0 Å². The molecular weight excluding hydrogens is 382 g/mol. The highest BCUT2D eigenvalue weighted by molar-refractivity contribution is 5.95. The van der Waals surface area contributed by atoms with Gasteiger partial charge in [0, 0.05) is 11.5 Å². The third-order valence-electron chi connectivity index (χ3n) is 3.73. The number of anilines is 1. The van der Waals surface area contributed by atoms with E-state index in [1.54, 1.807) is 12.1 Å². The maximum Gasteiger partial charge on any atom is 0.387 e. The average molecular weight is 398 g/mol. The van der Waals surface area contributed by atoms with E-state index in [4.69, 9.17) is 4.74 Å². The van der Waals surface area contributed by atoms with Crippen molar-refractivity contribution in [3.05, 3.63) is 72.4 Å². The number of carbonyl (C=O) groups excluding carboxylic acids is 2. The maximum absolute atomic E-state index is 12.4. The molecule has 0 atom stereocenters. The van der Waals surface area contributed by atoms with Gasteiger partial charge in [0.15, 0.2) is 6.61 Å². The molecule has 0 aliphatic rings. The number of amides is 1. The van der Waals surface area contributed by atoms with Gasteiger partial charge in [0.25, 0.3) is 5.91 Å². The molecule has 0 bridgehead atoms. The molecule has 0 radical (unpaired) electrons. The van der Waals surface area contributed by atoms with Crippen LogP contribution in [-0.4, -0.2) is 30.1 Å². The van der Waals surface area contributed by atoms with Crippen molar-refractivity contribution < 1.29 is 27.8 Å². The Labute approximate surface area is 164 Å². The Bertz CT molecular complexity index is 1050. The monoisotopic (exact) mass is 398 g/mol. The molecule has 3 rings (SSSR count). The molecule has 3 aromatic rings. The number of rotatable bonds is 7. The van der Waals surface area contributed by atoms with Crippen molar-refractivity contribution in [1.82, 2.24) is 4.98 Å². The molecule has 0 aliphatic carbocycles. The summed E-state index contributed by atoms with van der Waals surface area (Å²) in [6.45, 7) is -3.61. The van der Waals surface area contributed by atoms with Gasteiger partial charge in [-0.15, -0.1) is 0 Å². The summed E-state index contributed by atoms with van der Waals surface area (Å²) in [6, 6.07) is 16.9. The summed E-state index contributed by atoms with van der Waals surface area (Å²) in [4.78, 5) is 28.1. The highest BCUT2D eigenvalue weighted by atomic mass is 19.3. The first-order chi connectivity index (χ1) is 14.0. The third kappa shape index (κ3) is 5.83. The highest BCUT2D eigenvalue weighted by Crippen LogP contribution is 2.25. The van der Waals surface area contributed by atoms with Gasteiger partial charge in [-0.25, -0.2) is 9.78 Å². The molecule has 6 nitrogen and oxygen atoms in total. The second-order valence-electron chi connectivity index (χ2n) is 5.79. The minimum absolute atomic E-state index is 0.0461. The zero-order valence-electron chi connectivity index (χ0n) is 15.0. The van der Waals surface area contributed by atoms with Crippen LogP contribution < -0.4 is 10.1 Å². The largest absolute Gasteiger partial charge is 0.452 e. The number of nitrogens with zero attached hydrogens (tertiary/aromatic N) is 1. The van der Waals surface area contributed by atoms with Gasteiger partial charge < -0.3 is 14.8 Å². The first-order valence-corrected chi connectivity index (χ1v) is 8.55. The number of halogens is 2. The minimum Gasteiger partial charge on any atom is -0.452 e. The predicted octanol–water partition coefficient (Wildman–Crippen LogP) is 4.03. The Kier molecular flexibility index (Phi) is 6.47. The molecule has 1 N–H and O–H groups in total. The van der Waals surface area contributed by atoms with Crippen LogP contribution in [-0.2, 0) is 14.3 Å². The third-order valence-corrected chi connectivity index (χ3v) is 3.73. The molecular formula is C21H16F2N2O4. The number of carbonyl (C=O) groups is 2. The zero-order valence-corrected chi connectivity index (χ0v) is 15.0. The van der Waals surface area contributed by atoms with E-state index >= 15 is 0 Å². The van der Waals surface area contributed by atoms with Crippen LogP contribution in [0.15, 0.2) is 66.7 Å². The van der Waals surface area contributed by atoms with Gasteiger partial charge in [0.2, 0.25) is 0 Å². The van der Waals surface area contributed by atoms with E-state index in [9.17, 15) is 18.4 Å². The normalized spacial score (nSPS) is 11.0. The first-order valence-electron chi connectivity index (χ1n) is 8.55. The Balaban J connectivity index is 1.53. The van der Waals surface area contributed by atoms with E-state index in [0.717, 1.165) is 17.0 Å². The summed E-state index contributed by atoms with van der Waals surface area (Å²) in [5.41, 5.74) is 1.39. The van der Waals surface area contributed by atoms with Crippen molar-refractivity contribution in [3.8, 4) is 5.75 Å². The Morgan fingerprint density at radius 2 is 1.79 bits per heavy atom. The summed E-state index contributed by atoms with van der Waals surface area (Å²) < 4.78 is 33.9. The molecule has 8 heteroatoms. The number of pyridine rings is 1. The average Bonchev–Trinajstić information content (AvgIpc) is 2.71. The van der Waals surface area contributed by atoms with E-state index < -0.39 is 25.1 Å². The fourth-order valence-corrected chi connectivity index (χ4v) is 2.47. The van der Waals surface area contributed by atoms with Gasteiger partial charge in [-0.3, -0.25) is 4.79 Å². The molecule has 0 aliphatic heterocycles. The Hall–Kier alpha value is -3.81. The van der Waals surface area contributed by atoms with Crippen LogP contribution in [0, 0.1) is 0 Å². The molecule has 0 saturated carbocycles. The lowest BCUT2D eigenvalue weighted by molar-refractivity contribution is -0.142. The number of aromatic nitrogens is 1. The number of ether oxygens (including phenoxy) is 2. The number of hydrogen-bond donors (Lipinski definition) is 1. The van der Waals surface area contributed by atoms with Crippen LogP contribution in [0.1, 0.15) is 5.69 Å².